The van der Waals surface area contributed by atoms with E-state index in [1.54, 1.807) is 6.07 Å². The van der Waals surface area contributed by atoms with E-state index in [1.807, 2.05) is 35.1 Å². The second kappa shape index (κ2) is 7.19. The molecule has 2 fully saturated rings. The van der Waals surface area contributed by atoms with Gasteiger partial charge in [-0.1, -0.05) is 12.1 Å². The van der Waals surface area contributed by atoms with Crippen molar-refractivity contribution >= 4 is 5.91 Å². The average Bonchev–Trinajstić information content (AvgIpc) is 3.15. The number of likely N-dealkylation sites (tertiary alicyclic amines) is 2. The van der Waals surface area contributed by atoms with E-state index in [1.165, 1.54) is 17.7 Å². The molecule has 2 aliphatic heterocycles. The molecule has 0 radical (unpaired) electrons. The molecule has 3 heterocycles. The summed E-state index contributed by atoms with van der Waals surface area (Å²) < 4.78 is 15.4. The van der Waals surface area contributed by atoms with Gasteiger partial charge in [-0.25, -0.2) is 4.39 Å². The maximum absolute atomic E-state index is 13.6. The molecule has 0 spiro atoms. The number of carbonyl (C=O) groups excluding carboxylic acids is 1. The van der Waals surface area contributed by atoms with Crippen molar-refractivity contribution in [1.82, 2.24) is 19.6 Å². The molecule has 2 saturated heterocycles. The molecule has 1 amide bonds. The fraction of sp³-hybridized carbons (Fsp3) is 0.500. The maximum atomic E-state index is 13.6. The summed E-state index contributed by atoms with van der Waals surface area (Å²) in [5.41, 5.74) is 2.07. The smallest absolute Gasteiger partial charge is 0.223 e. The molecule has 2 aromatic rings. The summed E-state index contributed by atoms with van der Waals surface area (Å²) in [4.78, 5) is 17.1. The second-order valence-corrected chi connectivity index (χ2v) is 7.59. The summed E-state index contributed by atoms with van der Waals surface area (Å²) >= 11 is 0. The largest absolute Gasteiger partial charge is 0.334 e. The standard InChI is InChI=1S/C20H25FN4O/c1-23-10-16(9-22-23)11-24-13-17-5-3-7-20(26)25(19(17)14-24)12-15-4-2-6-18(21)8-15/h2,4,6,8-10,17,19H,3,5,7,11-14H2,1H3/t17-,19+/m1/s1. The first-order chi connectivity index (χ1) is 12.6. The highest BCUT2D eigenvalue weighted by Crippen LogP contribution is 2.32. The third-order valence-corrected chi connectivity index (χ3v) is 5.57. The number of fused-ring (bicyclic) bond motifs is 1. The highest BCUT2D eigenvalue weighted by atomic mass is 19.1. The monoisotopic (exact) mass is 356 g/mol. The number of hydrogen-bond acceptors (Lipinski definition) is 3. The summed E-state index contributed by atoms with van der Waals surface area (Å²) in [5.74, 6) is 0.447. The Labute approximate surface area is 153 Å². The third kappa shape index (κ3) is 3.65. The molecule has 1 aromatic heterocycles. The lowest BCUT2D eigenvalue weighted by molar-refractivity contribution is -0.133. The van der Waals surface area contributed by atoms with Crippen LogP contribution in [-0.2, 0) is 24.9 Å². The zero-order valence-electron chi connectivity index (χ0n) is 15.1. The second-order valence-electron chi connectivity index (χ2n) is 7.59. The van der Waals surface area contributed by atoms with Gasteiger partial charge in [-0.2, -0.15) is 5.10 Å². The van der Waals surface area contributed by atoms with Crippen LogP contribution < -0.4 is 0 Å². The van der Waals surface area contributed by atoms with Gasteiger partial charge in [0.2, 0.25) is 5.91 Å². The molecule has 0 N–H and O–H groups in total. The van der Waals surface area contributed by atoms with Crippen LogP contribution in [0, 0.1) is 11.7 Å². The maximum Gasteiger partial charge on any atom is 0.223 e. The summed E-state index contributed by atoms with van der Waals surface area (Å²) in [7, 11) is 1.93. The van der Waals surface area contributed by atoms with Crippen molar-refractivity contribution in [3.63, 3.8) is 0 Å². The molecule has 138 valence electrons. The van der Waals surface area contributed by atoms with Gasteiger partial charge in [0.25, 0.3) is 0 Å². The number of nitrogens with zero attached hydrogens (tertiary/aromatic N) is 4. The lowest BCUT2D eigenvalue weighted by Gasteiger charge is -2.30. The van der Waals surface area contributed by atoms with Crippen LogP contribution in [0.5, 0.6) is 0 Å². The highest BCUT2D eigenvalue weighted by molar-refractivity contribution is 5.77. The Hall–Kier alpha value is -2.21. The molecular weight excluding hydrogens is 331 g/mol. The van der Waals surface area contributed by atoms with E-state index in [0.29, 0.717) is 18.9 Å². The van der Waals surface area contributed by atoms with Gasteiger partial charge in [0, 0.05) is 57.4 Å². The number of amides is 1. The quantitative estimate of drug-likeness (QED) is 0.846. The van der Waals surface area contributed by atoms with Crippen molar-refractivity contribution in [2.75, 3.05) is 13.1 Å². The fourth-order valence-corrected chi connectivity index (χ4v) is 4.40. The lowest BCUT2D eigenvalue weighted by Crippen LogP contribution is -2.42. The van der Waals surface area contributed by atoms with Crippen molar-refractivity contribution in [3.8, 4) is 0 Å². The summed E-state index contributed by atoms with van der Waals surface area (Å²) in [6.07, 6.45) is 6.58. The summed E-state index contributed by atoms with van der Waals surface area (Å²) in [6.45, 7) is 3.24. The molecule has 6 heteroatoms. The van der Waals surface area contributed by atoms with Crippen molar-refractivity contribution in [1.29, 1.82) is 0 Å². The normalized spacial score (nSPS) is 23.9. The SMILES string of the molecule is Cn1cc(CN2C[C@H]3CCCC(=O)N(Cc4cccc(F)c4)[C@H]3C2)cn1. The Morgan fingerprint density at radius 1 is 1.23 bits per heavy atom. The predicted octanol–water partition coefficient (Wildman–Crippen LogP) is 2.57. The molecule has 4 rings (SSSR count). The Morgan fingerprint density at radius 3 is 2.88 bits per heavy atom. The minimum absolute atomic E-state index is 0.199. The molecule has 0 saturated carbocycles. The van der Waals surface area contributed by atoms with Crippen LogP contribution in [0.4, 0.5) is 4.39 Å². The third-order valence-electron chi connectivity index (χ3n) is 5.57. The van der Waals surface area contributed by atoms with E-state index < -0.39 is 0 Å². The number of aryl methyl sites for hydroxylation is 1. The number of aromatic nitrogens is 2. The average molecular weight is 356 g/mol. The molecule has 2 atom stereocenters. The summed E-state index contributed by atoms with van der Waals surface area (Å²) in [5, 5.41) is 4.25. The number of rotatable bonds is 4. The fourth-order valence-electron chi connectivity index (χ4n) is 4.40. The van der Waals surface area contributed by atoms with Crippen molar-refractivity contribution in [2.24, 2.45) is 13.0 Å². The first-order valence-corrected chi connectivity index (χ1v) is 9.32. The molecule has 26 heavy (non-hydrogen) atoms. The number of halogens is 1. The van der Waals surface area contributed by atoms with Gasteiger partial charge in [-0.3, -0.25) is 14.4 Å². The van der Waals surface area contributed by atoms with Crippen LogP contribution in [0.25, 0.3) is 0 Å². The molecule has 0 aliphatic carbocycles. The van der Waals surface area contributed by atoms with Crippen LogP contribution in [0.1, 0.15) is 30.4 Å². The van der Waals surface area contributed by atoms with E-state index in [2.05, 4.69) is 10.00 Å². The molecule has 2 aliphatic rings. The first-order valence-electron chi connectivity index (χ1n) is 9.32. The number of carbonyl (C=O) groups is 1. The molecule has 5 nitrogen and oxygen atoms in total. The lowest BCUT2D eigenvalue weighted by atomic mass is 9.98. The molecule has 1 aromatic carbocycles. The Morgan fingerprint density at radius 2 is 2.12 bits per heavy atom. The van der Waals surface area contributed by atoms with Gasteiger partial charge in [0.05, 0.1) is 6.20 Å². The van der Waals surface area contributed by atoms with Crippen molar-refractivity contribution in [3.05, 3.63) is 53.6 Å². The van der Waals surface area contributed by atoms with Crippen molar-refractivity contribution in [2.45, 2.75) is 38.4 Å². The molecule has 0 bridgehead atoms. The van der Waals surface area contributed by atoms with E-state index in [-0.39, 0.29) is 17.8 Å². The molecule has 0 unspecified atom stereocenters. The van der Waals surface area contributed by atoms with Crippen LogP contribution >= 0.6 is 0 Å². The molecular formula is C20H25FN4O. The minimum Gasteiger partial charge on any atom is -0.334 e. The topological polar surface area (TPSA) is 41.4 Å². The minimum atomic E-state index is -0.244. The first kappa shape index (κ1) is 17.2. The van der Waals surface area contributed by atoms with E-state index in [4.69, 9.17) is 0 Å². The van der Waals surface area contributed by atoms with E-state index in [0.717, 1.165) is 38.0 Å². The van der Waals surface area contributed by atoms with Crippen LogP contribution in [0.2, 0.25) is 0 Å². The summed E-state index contributed by atoms with van der Waals surface area (Å²) in [6, 6.07) is 6.81. The Bertz CT molecular complexity index is 790. The van der Waals surface area contributed by atoms with E-state index in [9.17, 15) is 9.18 Å². The van der Waals surface area contributed by atoms with Gasteiger partial charge < -0.3 is 4.90 Å². The zero-order chi connectivity index (χ0) is 18.1. The Kier molecular flexibility index (Phi) is 4.76. The van der Waals surface area contributed by atoms with Gasteiger partial charge in [0.15, 0.2) is 0 Å². The zero-order valence-corrected chi connectivity index (χ0v) is 15.1. The number of hydrogen-bond donors (Lipinski definition) is 0. The number of benzene rings is 1. The predicted molar refractivity (Wildman–Crippen MR) is 96.6 cm³/mol. The van der Waals surface area contributed by atoms with Crippen molar-refractivity contribution < 1.29 is 9.18 Å². The van der Waals surface area contributed by atoms with Gasteiger partial charge in [0.1, 0.15) is 5.82 Å². The van der Waals surface area contributed by atoms with E-state index >= 15 is 0 Å². The van der Waals surface area contributed by atoms with Gasteiger partial charge >= 0.3 is 0 Å². The van der Waals surface area contributed by atoms with Gasteiger partial charge in [-0.05, 0) is 36.5 Å². The van der Waals surface area contributed by atoms with Gasteiger partial charge in [-0.15, -0.1) is 0 Å². The Balaban J connectivity index is 1.50. The van der Waals surface area contributed by atoms with Crippen LogP contribution in [0.15, 0.2) is 36.7 Å². The van der Waals surface area contributed by atoms with Crippen LogP contribution in [0.3, 0.4) is 0 Å². The highest BCUT2D eigenvalue weighted by Gasteiger charge is 2.40. The van der Waals surface area contributed by atoms with Crippen LogP contribution in [-0.4, -0.2) is 44.6 Å².